The van der Waals surface area contributed by atoms with Crippen LogP contribution in [0, 0.1) is 17.7 Å². The van der Waals surface area contributed by atoms with Crippen LogP contribution in [0.4, 0.5) is 10.1 Å². The molecule has 0 atom stereocenters. The van der Waals surface area contributed by atoms with Crippen molar-refractivity contribution in [2.24, 2.45) is 0 Å². The maximum atomic E-state index is 13.3. The fraction of sp³-hybridized carbons (Fsp3) is 0.211. The zero-order chi connectivity index (χ0) is 20.6. The molecule has 9 heteroatoms. The van der Waals surface area contributed by atoms with E-state index in [9.17, 15) is 17.6 Å². The monoisotopic (exact) mass is 406 g/mol. The largest absolute Gasteiger partial charge is 0.495 e. The molecule has 0 heterocycles. The van der Waals surface area contributed by atoms with Gasteiger partial charge >= 0.3 is 0 Å². The van der Waals surface area contributed by atoms with Crippen LogP contribution < -0.4 is 19.5 Å². The van der Waals surface area contributed by atoms with Gasteiger partial charge in [-0.05, 0) is 30.3 Å². The molecule has 28 heavy (non-hydrogen) atoms. The second kappa shape index (κ2) is 9.73. The molecule has 2 aromatic carbocycles. The number of methoxy groups -OCH3 is 1. The van der Waals surface area contributed by atoms with Crippen molar-refractivity contribution in [1.29, 1.82) is 0 Å². The van der Waals surface area contributed by atoms with Gasteiger partial charge in [0, 0.05) is 18.7 Å². The standard InChI is InChI=1S/C19H19FN2O5S/c1-14(23)22-16-6-5-7-17(13-16)27-11-4-3-10-21-28(24,25)19-12-15(20)8-9-18(19)26-2/h5-9,12-13,21H,10-11H2,1-2H3,(H,22,23). The normalized spacial score (nSPS) is 10.5. The first kappa shape index (κ1) is 21.2. The molecule has 0 aromatic heterocycles. The van der Waals surface area contributed by atoms with Gasteiger partial charge in [0.05, 0.1) is 13.7 Å². The molecule has 0 unspecified atom stereocenters. The van der Waals surface area contributed by atoms with Crippen molar-refractivity contribution in [2.75, 3.05) is 25.6 Å². The number of amides is 1. The van der Waals surface area contributed by atoms with E-state index in [2.05, 4.69) is 21.9 Å². The predicted octanol–water partition coefficient (Wildman–Crippen LogP) is 2.15. The third-order valence-electron chi connectivity index (χ3n) is 3.36. The maximum absolute atomic E-state index is 13.3. The number of sulfonamides is 1. The lowest BCUT2D eigenvalue weighted by Crippen LogP contribution is -2.24. The fourth-order valence-corrected chi connectivity index (χ4v) is 3.27. The number of nitrogens with one attached hydrogen (secondary N) is 2. The quantitative estimate of drug-likeness (QED) is 0.688. The number of benzene rings is 2. The summed E-state index contributed by atoms with van der Waals surface area (Å²) in [4.78, 5) is 10.7. The third-order valence-corrected chi connectivity index (χ3v) is 4.78. The van der Waals surface area contributed by atoms with Crippen molar-refractivity contribution < 1.29 is 27.1 Å². The molecular weight excluding hydrogens is 387 g/mol. The van der Waals surface area contributed by atoms with Gasteiger partial charge in [0.25, 0.3) is 0 Å². The summed E-state index contributed by atoms with van der Waals surface area (Å²) >= 11 is 0. The van der Waals surface area contributed by atoms with E-state index in [-0.39, 0.29) is 29.7 Å². The number of carbonyl (C=O) groups is 1. The zero-order valence-corrected chi connectivity index (χ0v) is 16.1. The van der Waals surface area contributed by atoms with Gasteiger partial charge < -0.3 is 14.8 Å². The zero-order valence-electron chi connectivity index (χ0n) is 15.3. The average Bonchev–Trinajstić information content (AvgIpc) is 2.64. The van der Waals surface area contributed by atoms with E-state index in [1.165, 1.54) is 20.1 Å². The van der Waals surface area contributed by atoms with Crippen molar-refractivity contribution in [3.05, 3.63) is 48.3 Å². The third kappa shape index (κ3) is 6.26. The molecule has 0 saturated carbocycles. The van der Waals surface area contributed by atoms with Crippen LogP contribution in [-0.4, -0.2) is 34.6 Å². The van der Waals surface area contributed by atoms with Gasteiger partial charge in [-0.3, -0.25) is 4.79 Å². The van der Waals surface area contributed by atoms with Gasteiger partial charge in [-0.2, -0.15) is 4.72 Å². The minimum absolute atomic E-state index is 0.0224. The second-order valence-corrected chi connectivity index (χ2v) is 7.21. The van der Waals surface area contributed by atoms with E-state index in [1.807, 2.05) is 0 Å². The Morgan fingerprint density at radius 2 is 1.96 bits per heavy atom. The Labute approximate surface area is 162 Å². The van der Waals surface area contributed by atoms with Crippen molar-refractivity contribution in [3.8, 4) is 23.3 Å². The molecule has 7 nitrogen and oxygen atoms in total. The highest BCUT2D eigenvalue weighted by Gasteiger charge is 2.19. The van der Waals surface area contributed by atoms with Crippen LogP contribution in [-0.2, 0) is 14.8 Å². The number of carbonyl (C=O) groups excluding carboxylic acids is 1. The summed E-state index contributed by atoms with van der Waals surface area (Å²) < 4.78 is 50.5. The Hall–Kier alpha value is -3.09. The molecule has 148 valence electrons. The summed E-state index contributed by atoms with van der Waals surface area (Å²) in [7, 11) is -2.68. The van der Waals surface area contributed by atoms with Gasteiger partial charge in [-0.25, -0.2) is 12.8 Å². The highest BCUT2D eigenvalue weighted by Crippen LogP contribution is 2.24. The molecule has 1 amide bonds. The van der Waals surface area contributed by atoms with Gasteiger partial charge in [0.2, 0.25) is 15.9 Å². The molecule has 2 aromatic rings. The summed E-state index contributed by atoms with van der Waals surface area (Å²) in [5.74, 6) is 4.93. The van der Waals surface area contributed by atoms with Crippen LogP contribution in [0.3, 0.4) is 0 Å². The molecule has 0 saturated heterocycles. The Bertz CT molecular complexity index is 1010. The molecule has 0 aliphatic rings. The molecule has 0 aliphatic carbocycles. The fourth-order valence-electron chi connectivity index (χ4n) is 2.17. The Morgan fingerprint density at radius 3 is 2.68 bits per heavy atom. The van der Waals surface area contributed by atoms with Crippen LogP contribution in [0.15, 0.2) is 47.4 Å². The number of hydrogen-bond donors (Lipinski definition) is 2. The van der Waals surface area contributed by atoms with E-state index >= 15 is 0 Å². The number of anilines is 1. The molecule has 0 aliphatic heterocycles. The van der Waals surface area contributed by atoms with E-state index < -0.39 is 15.8 Å². The van der Waals surface area contributed by atoms with Gasteiger partial charge in [0.1, 0.15) is 28.8 Å². The first-order valence-corrected chi connectivity index (χ1v) is 9.59. The second-order valence-electron chi connectivity index (χ2n) is 5.47. The topological polar surface area (TPSA) is 93.7 Å². The Morgan fingerprint density at radius 1 is 1.18 bits per heavy atom. The van der Waals surface area contributed by atoms with Crippen molar-refractivity contribution in [3.63, 3.8) is 0 Å². The number of ether oxygens (including phenoxy) is 2. The molecular formula is C19H19FN2O5S. The number of rotatable bonds is 7. The SMILES string of the molecule is COc1ccc(F)cc1S(=O)(=O)NCC#CCOc1cccc(NC(C)=O)c1. The van der Waals surface area contributed by atoms with Crippen molar-refractivity contribution in [1.82, 2.24) is 4.72 Å². The summed E-state index contributed by atoms with van der Waals surface area (Å²) in [6, 6.07) is 9.99. The highest BCUT2D eigenvalue weighted by molar-refractivity contribution is 7.89. The van der Waals surface area contributed by atoms with Crippen molar-refractivity contribution in [2.45, 2.75) is 11.8 Å². The molecule has 2 N–H and O–H groups in total. The minimum Gasteiger partial charge on any atom is -0.495 e. The lowest BCUT2D eigenvalue weighted by molar-refractivity contribution is -0.114. The van der Waals surface area contributed by atoms with Gasteiger partial charge in [0.15, 0.2) is 0 Å². The molecule has 0 spiro atoms. The van der Waals surface area contributed by atoms with Crippen LogP contribution in [0.2, 0.25) is 0 Å². The summed E-state index contributed by atoms with van der Waals surface area (Å²) in [5, 5.41) is 2.63. The summed E-state index contributed by atoms with van der Waals surface area (Å²) in [6.07, 6.45) is 0. The predicted molar refractivity (Wildman–Crippen MR) is 102 cm³/mol. The van der Waals surface area contributed by atoms with Crippen LogP contribution in [0.1, 0.15) is 6.92 Å². The van der Waals surface area contributed by atoms with Gasteiger partial charge in [-0.1, -0.05) is 17.9 Å². The van der Waals surface area contributed by atoms with Crippen LogP contribution >= 0.6 is 0 Å². The minimum atomic E-state index is -3.98. The maximum Gasteiger partial charge on any atom is 0.245 e. The molecule has 0 radical (unpaired) electrons. The molecule has 2 rings (SSSR count). The smallest absolute Gasteiger partial charge is 0.245 e. The van der Waals surface area contributed by atoms with E-state index in [0.29, 0.717) is 11.4 Å². The van der Waals surface area contributed by atoms with Crippen LogP contribution in [0.25, 0.3) is 0 Å². The first-order valence-electron chi connectivity index (χ1n) is 8.11. The van der Waals surface area contributed by atoms with Gasteiger partial charge in [-0.15, -0.1) is 0 Å². The molecule has 0 bridgehead atoms. The first-order chi connectivity index (χ1) is 13.3. The summed E-state index contributed by atoms with van der Waals surface area (Å²) in [6.45, 7) is 1.24. The lowest BCUT2D eigenvalue weighted by atomic mass is 10.3. The Balaban J connectivity index is 1.90. The van der Waals surface area contributed by atoms with Crippen molar-refractivity contribution >= 4 is 21.6 Å². The van der Waals surface area contributed by atoms with E-state index in [0.717, 1.165) is 12.1 Å². The highest BCUT2D eigenvalue weighted by atomic mass is 32.2. The average molecular weight is 406 g/mol. The lowest BCUT2D eigenvalue weighted by Gasteiger charge is -2.09. The molecule has 0 fully saturated rings. The van der Waals surface area contributed by atoms with E-state index in [1.54, 1.807) is 24.3 Å². The Kier molecular flexibility index (Phi) is 7.37. The van der Waals surface area contributed by atoms with Crippen LogP contribution in [0.5, 0.6) is 11.5 Å². The summed E-state index contributed by atoms with van der Waals surface area (Å²) in [5.41, 5.74) is 0.592. The number of halogens is 1. The van der Waals surface area contributed by atoms with E-state index in [4.69, 9.17) is 9.47 Å². The number of hydrogen-bond acceptors (Lipinski definition) is 5.